The van der Waals surface area contributed by atoms with Crippen LogP contribution in [0.5, 0.6) is 0 Å². The van der Waals surface area contributed by atoms with Gasteiger partial charge in [0.1, 0.15) is 17.9 Å². The van der Waals surface area contributed by atoms with Crippen molar-refractivity contribution in [1.82, 2.24) is 9.55 Å². The number of benzene rings is 2. The predicted octanol–water partition coefficient (Wildman–Crippen LogP) is 3.38. The number of carbonyl (C=O) groups is 1. The lowest BCUT2D eigenvalue weighted by molar-refractivity contribution is -0.116. The van der Waals surface area contributed by atoms with Crippen molar-refractivity contribution in [2.24, 2.45) is 0 Å². The molecule has 1 heterocycles. The molecule has 0 radical (unpaired) electrons. The minimum absolute atomic E-state index is 0.0835. The van der Waals surface area contributed by atoms with E-state index in [0.717, 1.165) is 22.5 Å². The van der Waals surface area contributed by atoms with E-state index in [-0.39, 0.29) is 18.4 Å². The zero-order chi connectivity index (χ0) is 16.4. The van der Waals surface area contributed by atoms with Gasteiger partial charge in [-0.2, -0.15) is 0 Å². The number of amides is 1. The van der Waals surface area contributed by atoms with Crippen LogP contribution in [0.25, 0.3) is 11.0 Å². The maximum Gasteiger partial charge on any atom is 0.244 e. The molecular formula is C18H20N4O. The molecular weight excluding hydrogens is 288 g/mol. The summed E-state index contributed by atoms with van der Waals surface area (Å²) in [7, 11) is 0. The van der Waals surface area contributed by atoms with Gasteiger partial charge in [-0.15, -0.1) is 0 Å². The number of hydrogen-bond donors (Lipinski definition) is 2. The molecule has 5 nitrogen and oxygen atoms in total. The molecule has 3 aromatic rings. The Balaban J connectivity index is 1.94. The molecule has 23 heavy (non-hydrogen) atoms. The first-order valence-electron chi connectivity index (χ1n) is 7.66. The van der Waals surface area contributed by atoms with Gasteiger partial charge in [0, 0.05) is 11.6 Å². The van der Waals surface area contributed by atoms with Gasteiger partial charge >= 0.3 is 0 Å². The Bertz CT molecular complexity index is 837. The van der Waals surface area contributed by atoms with Crippen LogP contribution in [0.1, 0.15) is 25.6 Å². The molecule has 3 N–H and O–H groups in total. The van der Waals surface area contributed by atoms with Gasteiger partial charge in [0.2, 0.25) is 5.91 Å². The number of nitrogens with one attached hydrogen (secondary N) is 1. The Morgan fingerprint density at radius 3 is 2.61 bits per heavy atom. The fourth-order valence-corrected chi connectivity index (χ4v) is 2.66. The van der Waals surface area contributed by atoms with Gasteiger partial charge in [-0.05, 0) is 24.3 Å². The van der Waals surface area contributed by atoms with Crippen LogP contribution in [0.3, 0.4) is 0 Å². The minimum Gasteiger partial charge on any atom is -0.397 e. The van der Waals surface area contributed by atoms with Crippen molar-refractivity contribution in [3.63, 3.8) is 0 Å². The lowest BCUT2D eigenvalue weighted by Crippen LogP contribution is -2.20. The third kappa shape index (κ3) is 3.04. The quantitative estimate of drug-likeness (QED) is 0.726. The van der Waals surface area contributed by atoms with Crippen LogP contribution in [0.2, 0.25) is 0 Å². The van der Waals surface area contributed by atoms with Gasteiger partial charge in [-0.3, -0.25) is 4.79 Å². The molecule has 0 unspecified atom stereocenters. The van der Waals surface area contributed by atoms with Gasteiger partial charge in [-0.1, -0.05) is 38.1 Å². The lowest BCUT2D eigenvalue weighted by Gasteiger charge is -2.12. The smallest absolute Gasteiger partial charge is 0.244 e. The van der Waals surface area contributed by atoms with E-state index >= 15 is 0 Å². The molecule has 2 aromatic carbocycles. The number of nitrogen functional groups attached to an aromatic ring is 1. The van der Waals surface area contributed by atoms with Crippen molar-refractivity contribution in [3.05, 3.63) is 54.4 Å². The zero-order valence-electron chi connectivity index (χ0n) is 13.3. The summed E-state index contributed by atoms with van der Waals surface area (Å²) in [6.07, 6.45) is 0. The summed E-state index contributed by atoms with van der Waals surface area (Å²) in [5, 5.41) is 2.91. The number of nitrogens with two attached hydrogens (primary N) is 1. The first-order chi connectivity index (χ1) is 11.1. The number of aromatic nitrogens is 2. The molecule has 0 bridgehead atoms. The maximum absolute atomic E-state index is 12.4. The number of fused-ring (bicyclic) bond motifs is 1. The van der Waals surface area contributed by atoms with Gasteiger partial charge in [0.25, 0.3) is 0 Å². The highest BCUT2D eigenvalue weighted by Crippen LogP contribution is 2.25. The Morgan fingerprint density at radius 2 is 1.91 bits per heavy atom. The molecule has 0 atom stereocenters. The Labute approximate surface area is 135 Å². The number of para-hydroxylation sites is 2. The highest BCUT2D eigenvalue weighted by molar-refractivity contribution is 5.93. The van der Waals surface area contributed by atoms with Gasteiger partial charge < -0.3 is 15.6 Å². The average Bonchev–Trinajstić information content (AvgIpc) is 2.89. The van der Waals surface area contributed by atoms with Crippen LogP contribution in [-0.2, 0) is 11.3 Å². The van der Waals surface area contributed by atoms with Crippen molar-refractivity contribution < 1.29 is 4.79 Å². The number of imidazole rings is 1. The zero-order valence-corrected chi connectivity index (χ0v) is 13.3. The molecule has 0 aliphatic carbocycles. The van der Waals surface area contributed by atoms with E-state index in [2.05, 4.69) is 24.1 Å². The fourth-order valence-electron chi connectivity index (χ4n) is 2.66. The second kappa shape index (κ2) is 6.12. The first kappa shape index (κ1) is 15.1. The van der Waals surface area contributed by atoms with Crippen molar-refractivity contribution in [2.45, 2.75) is 26.3 Å². The molecule has 5 heteroatoms. The monoisotopic (exact) mass is 308 g/mol. The Morgan fingerprint density at radius 1 is 1.17 bits per heavy atom. The highest BCUT2D eigenvalue weighted by atomic mass is 16.1. The molecule has 1 aromatic heterocycles. The summed E-state index contributed by atoms with van der Waals surface area (Å²) in [4.78, 5) is 17.0. The molecule has 0 saturated heterocycles. The van der Waals surface area contributed by atoms with E-state index in [4.69, 9.17) is 5.73 Å². The predicted molar refractivity (Wildman–Crippen MR) is 93.3 cm³/mol. The summed E-state index contributed by atoms with van der Waals surface area (Å²) in [6.45, 7) is 4.33. The molecule has 0 spiro atoms. The van der Waals surface area contributed by atoms with E-state index in [1.54, 1.807) is 0 Å². The summed E-state index contributed by atoms with van der Waals surface area (Å²) in [6, 6.07) is 15.1. The number of nitrogens with zero attached hydrogens (tertiary/aromatic N) is 2. The average molecular weight is 308 g/mol. The molecule has 0 fully saturated rings. The van der Waals surface area contributed by atoms with E-state index < -0.39 is 0 Å². The lowest BCUT2D eigenvalue weighted by atomic mass is 10.2. The molecule has 0 aliphatic heterocycles. The Hall–Kier alpha value is -2.82. The van der Waals surface area contributed by atoms with Crippen LogP contribution in [0, 0.1) is 0 Å². The molecule has 118 valence electrons. The second-order valence-electron chi connectivity index (χ2n) is 5.84. The normalized spacial score (nSPS) is 11.1. The third-order valence-electron chi connectivity index (χ3n) is 3.72. The van der Waals surface area contributed by atoms with Crippen molar-refractivity contribution in [3.8, 4) is 0 Å². The molecule has 3 rings (SSSR count). The van der Waals surface area contributed by atoms with Crippen LogP contribution < -0.4 is 11.1 Å². The summed E-state index contributed by atoms with van der Waals surface area (Å²) in [5.74, 6) is 0.979. The van der Waals surface area contributed by atoms with E-state index in [1.807, 2.05) is 53.1 Å². The largest absolute Gasteiger partial charge is 0.397 e. The van der Waals surface area contributed by atoms with E-state index in [9.17, 15) is 4.79 Å². The van der Waals surface area contributed by atoms with Gasteiger partial charge in [0.05, 0.1) is 11.2 Å². The van der Waals surface area contributed by atoms with E-state index in [0.29, 0.717) is 5.69 Å². The molecule has 1 amide bonds. The van der Waals surface area contributed by atoms with Crippen molar-refractivity contribution in [1.29, 1.82) is 0 Å². The third-order valence-corrected chi connectivity index (χ3v) is 3.72. The SMILES string of the molecule is CC(C)c1nc2c(N)cccc2n1CC(=O)Nc1ccccc1. The first-order valence-corrected chi connectivity index (χ1v) is 7.66. The van der Waals surface area contributed by atoms with Crippen molar-refractivity contribution in [2.75, 3.05) is 11.1 Å². The minimum atomic E-state index is -0.0835. The summed E-state index contributed by atoms with van der Waals surface area (Å²) >= 11 is 0. The topological polar surface area (TPSA) is 72.9 Å². The Kier molecular flexibility index (Phi) is 4.02. The summed E-state index contributed by atoms with van der Waals surface area (Å²) in [5.41, 5.74) is 9.07. The van der Waals surface area contributed by atoms with Crippen LogP contribution >= 0.6 is 0 Å². The highest BCUT2D eigenvalue weighted by Gasteiger charge is 2.17. The van der Waals surface area contributed by atoms with Gasteiger partial charge in [-0.25, -0.2) is 4.98 Å². The number of anilines is 2. The maximum atomic E-state index is 12.4. The van der Waals surface area contributed by atoms with Crippen molar-refractivity contribution >= 4 is 28.3 Å². The fraction of sp³-hybridized carbons (Fsp3) is 0.222. The van der Waals surface area contributed by atoms with Crippen LogP contribution in [-0.4, -0.2) is 15.5 Å². The van der Waals surface area contributed by atoms with E-state index in [1.165, 1.54) is 0 Å². The van der Waals surface area contributed by atoms with Gasteiger partial charge in [0.15, 0.2) is 0 Å². The second-order valence-corrected chi connectivity index (χ2v) is 5.84. The summed E-state index contributed by atoms with van der Waals surface area (Å²) < 4.78 is 1.94. The standard InChI is InChI=1S/C18H20N4O/c1-12(2)18-21-17-14(19)9-6-10-15(17)22(18)11-16(23)20-13-7-4-3-5-8-13/h3-10,12H,11,19H2,1-2H3,(H,20,23). The molecule has 0 aliphatic rings. The van der Waals surface area contributed by atoms with Crippen LogP contribution in [0.15, 0.2) is 48.5 Å². The number of rotatable bonds is 4. The van der Waals surface area contributed by atoms with Crippen LogP contribution in [0.4, 0.5) is 11.4 Å². The molecule has 0 saturated carbocycles. The number of hydrogen-bond acceptors (Lipinski definition) is 3. The number of carbonyl (C=O) groups excluding carboxylic acids is 1.